The summed E-state index contributed by atoms with van der Waals surface area (Å²) in [6.07, 6.45) is 12.1. The van der Waals surface area contributed by atoms with Gasteiger partial charge in [-0.3, -0.25) is 0 Å². The van der Waals surface area contributed by atoms with Crippen LogP contribution in [0, 0.1) is 0 Å². The number of halogens is 1. The van der Waals surface area contributed by atoms with Gasteiger partial charge in [0, 0.05) is 0 Å². The molecule has 0 saturated carbocycles. The van der Waals surface area contributed by atoms with E-state index in [1.54, 1.807) is 0 Å². The molecule has 148 valence electrons. The topological polar surface area (TPSA) is 26.3 Å². The molecule has 0 aromatic rings. The van der Waals surface area contributed by atoms with Gasteiger partial charge < -0.3 is 0 Å². The normalized spacial score (nSPS) is 81.3. The van der Waals surface area contributed by atoms with E-state index in [1.165, 1.54) is 85.1 Å². The first-order valence-corrected chi connectivity index (χ1v) is 17.7. The summed E-state index contributed by atoms with van der Waals surface area (Å²) in [5, 5.41) is 0. The Morgan fingerprint density at radius 2 is 1.23 bits per heavy atom. The van der Waals surface area contributed by atoms with E-state index in [-0.39, 0.29) is 17.0 Å². The Labute approximate surface area is 157 Å². The fourth-order valence-corrected chi connectivity index (χ4v) is 92.0. The van der Waals surface area contributed by atoms with Crippen molar-refractivity contribution in [1.82, 2.24) is 0 Å². The molecule has 0 aromatic heterocycles. The van der Waals surface area contributed by atoms with Gasteiger partial charge in [0.25, 0.3) is 0 Å². The molecule has 10 heterocycles. The molecule has 0 radical (unpaired) electrons. The van der Waals surface area contributed by atoms with E-state index in [4.69, 9.17) is 4.74 Å². The van der Waals surface area contributed by atoms with Gasteiger partial charge in [-0.15, -0.1) is 17.0 Å². The summed E-state index contributed by atoms with van der Waals surface area (Å²) in [5.74, 6) is 0.401. The van der Waals surface area contributed by atoms with Crippen molar-refractivity contribution in [3.63, 3.8) is 0 Å². The van der Waals surface area contributed by atoms with Crippen LogP contribution in [0.3, 0.4) is 0 Å². The molecular formula is C22H33BrFeO2. The van der Waals surface area contributed by atoms with Crippen molar-refractivity contribution in [3.05, 3.63) is 0 Å². The van der Waals surface area contributed by atoms with E-state index in [0.717, 1.165) is 22.7 Å². The van der Waals surface area contributed by atoms with E-state index in [9.17, 15) is 4.79 Å². The quantitative estimate of drug-likeness (QED) is 0.181. The number of unbranched alkanes of at least 4 members (excludes halogenated alkanes) is 8. The number of rotatable bonds is 11. The van der Waals surface area contributed by atoms with E-state index in [1.807, 2.05) is 0 Å². The maximum atomic E-state index is 13.3. The van der Waals surface area contributed by atoms with Gasteiger partial charge in [-0.05, 0) is 0 Å². The van der Waals surface area contributed by atoms with Crippen molar-refractivity contribution in [2.75, 3.05) is 6.61 Å². The number of carbonyl (C=O) groups is 1. The number of hydrogen-bond donors (Lipinski definition) is 0. The zero-order chi connectivity index (χ0) is 16.4. The molecule has 0 bridgehead atoms. The van der Waals surface area contributed by atoms with Crippen LogP contribution in [0.25, 0.3) is 0 Å². The predicted octanol–water partition coefficient (Wildman–Crippen LogP) is 7.40. The standard InChI is InChI=1S/C17H27O2.C5H5.BrH.Fe/c1-2-3-4-5-6-7-8-9-12-15-19-17(18)16-13-10-11-14-16;1-2-4-5-3-1;;/h10-11,13-14H,2-9,12,15H2,1H3;1-5H;1H;. The molecule has 26 heavy (non-hydrogen) atoms. The average Bonchev–Trinajstić information content (AvgIpc) is 3.55. The first-order chi connectivity index (χ1) is 12.0. The van der Waals surface area contributed by atoms with Crippen LogP contribution in [0.2, 0.25) is 47.7 Å². The summed E-state index contributed by atoms with van der Waals surface area (Å²) < 4.78 is 6.36. The molecule has 4 atom stereocenters. The van der Waals surface area contributed by atoms with Crippen LogP contribution >= 0.6 is 17.0 Å². The third kappa shape index (κ3) is 0.252. The Morgan fingerprint density at radius 3 is 1.62 bits per heavy atom. The predicted molar refractivity (Wildman–Crippen MR) is 105 cm³/mol. The molecule has 0 aromatic carbocycles. The summed E-state index contributed by atoms with van der Waals surface area (Å²) in [4.78, 5) is 24.1. The van der Waals surface area contributed by atoms with Crippen LogP contribution < -0.4 is 0 Å². The van der Waals surface area contributed by atoms with Crippen molar-refractivity contribution < 1.29 is 16.0 Å². The van der Waals surface area contributed by atoms with Crippen LogP contribution in [0.5, 0.6) is 0 Å². The molecule has 10 aliphatic rings. The minimum atomic E-state index is -3.22. The fourth-order valence-electron chi connectivity index (χ4n) is 18.4. The summed E-state index contributed by atoms with van der Waals surface area (Å²) in [5.41, 5.74) is 0. The molecule has 10 saturated heterocycles. The second-order valence-electron chi connectivity index (χ2n) is 13.6. The van der Waals surface area contributed by atoms with Crippen molar-refractivity contribution in [1.29, 1.82) is 0 Å². The Kier molecular flexibility index (Phi) is 0.991. The van der Waals surface area contributed by atoms with E-state index in [0.29, 0.717) is 10.3 Å². The van der Waals surface area contributed by atoms with Crippen LogP contribution in [0.1, 0.15) is 64.7 Å². The van der Waals surface area contributed by atoms with Crippen LogP contribution in [0.4, 0.5) is 0 Å². The average molecular weight is 465 g/mol. The second-order valence-corrected chi connectivity index (χ2v) is 37.2. The first kappa shape index (κ1) is 14.5. The Hall–Kier alpha value is 0.469. The van der Waals surface area contributed by atoms with E-state index in [2.05, 4.69) is 6.92 Å². The monoisotopic (exact) mass is 464 g/mol. The summed E-state index contributed by atoms with van der Waals surface area (Å²) in [7, 11) is 0. The first-order valence-electron chi connectivity index (χ1n) is 11.4. The van der Waals surface area contributed by atoms with Crippen LogP contribution in [0.15, 0.2) is 0 Å². The van der Waals surface area contributed by atoms with E-state index >= 15 is 0 Å². The third-order valence-electron chi connectivity index (χ3n) is 17.5. The molecule has 4 unspecified atom stereocenters. The van der Waals surface area contributed by atoms with Gasteiger partial charge >= 0.3 is 128 Å². The van der Waals surface area contributed by atoms with Gasteiger partial charge in [0.1, 0.15) is 0 Å². The molecule has 0 amide bonds. The van der Waals surface area contributed by atoms with Gasteiger partial charge in [0.05, 0.1) is 0 Å². The molecule has 0 aliphatic carbocycles. The molecular weight excluding hydrogens is 432 g/mol. The zero-order valence-electron chi connectivity index (χ0n) is 15.8. The molecule has 10 fully saturated rings. The summed E-state index contributed by atoms with van der Waals surface area (Å²) >= 11 is 0. The number of carbonyl (C=O) groups excluding carboxylic acids is 1. The number of hydrogen-bond acceptors (Lipinski definition) is 2. The molecule has 10 rings (SSSR count). The number of esters is 1. The molecule has 0 N–H and O–H groups in total. The second kappa shape index (κ2) is 1.78. The minimum absolute atomic E-state index is 0. The molecule has 4 heteroatoms. The van der Waals surface area contributed by atoms with Crippen LogP contribution in [-0.4, -0.2) is 12.6 Å². The SMILES string of the molecule is Br.CCCCCCCCCCCOC(=O)[C]12[CH]3[CH]4[CH]5[CH]1[Fe]45321678[CH]2[CH]1[CH]6[CH]7[CH]28. The fraction of sp³-hybridized carbons (Fsp3) is 0.955. The molecule has 10 aliphatic heterocycles. The van der Waals surface area contributed by atoms with Crippen molar-refractivity contribution in [2.45, 2.75) is 112 Å². The van der Waals surface area contributed by atoms with Gasteiger partial charge in [-0.1, -0.05) is 13.3 Å². The zero-order valence-corrected chi connectivity index (χ0v) is 18.7. The maximum absolute atomic E-state index is 13.3. The molecule has 1 spiro atoms. The van der Waals surface area contributed by atoms with Gasteiger partial charge in [-0.25, -0.2) is 0 Å². The Morgan fingerprint density at radius 1 is 0.769 bits per heavy atom. The van der Waals surface area contributed by atoms with Crippen molar-refractivity contribution in [2.24, 2.45) is 0 Å². The van der Waals surface area contributed by atoms with Gasteiger partial charge in [-0.2, -0.15) is 0 Å². The van der Waals surface area contributed by atoms with Gasteiger partial charge in [0.2, 0.25) is 0 Å². The summed E-state index contributed by atoms with van der Waals surface area (Å²) in [6, 6.07) is 0. The third-order valence-corrected chi connectivity index (χ3v) is 59.7. The number of fused-ring (bicyclic) bond motifs is 10. The summed E-state index contributed by atoms with van der Waals surface area (Å²) in [6.45, 7) is -0.200. The van der Waals surface area contributed by atoms with E-state index < -0.39 is 6.51 Å². The van der Waals surface area contributed by atoms with Crippen LogP contribution in [-0.2, 0) is 16.0 Å². The number of ether oxygens (including phenoxy) is 1. The molecule has 2 nitrogen and oxygen atoms in total. The van der Waals surface area contributed by atoms with Crippen molar-refractivity contribution in [3.8, 4) is 0 Å². The van der Waals surface area contributed by atoms with Crippen molar-refractivity contribution >= 4 is 23.0 Å². The van der Waals surface area contributed by atoms with Gasteiger partial charge in [0.15, 0.2) is 0 Å². The Balaban J connectivity index is 0.00000116. The Bertz CT molecular complexity index is 1030.